The Hall–Kier alpha value is -2.29. The minimum atomic E-state index is 0.154. The Morgan fingerprint density at radius 2 is 1.68 bits per heavy atom. The predicted octanol–water partition coefficient (Wildman–Crippen LogP) is 4.79. The highest BCUT2D eigenvalue weighted by atomic mass is 16.1. The molecule has 0 bridgehead atoms. The molecule has 0 radical (unpaired) electrons. The first kappa shape index (κ1) is 14.6. The second-order valence-corrected chi connectivity index (χ2v) is 6.07. The van der Waals surface area contributed by atoms with Crippen molar-refractivity contribution in [3.05, 3.63) is 53.6 Å². The number of benzene rings is 2. The van der Waals surface area contributed by atoms with Gasteiger partial charge < -0.3 is 10.6 Å². The molecule has 0 aromatic heterocycles. The van der Waals surface area contributed by atoms with Gasteiger partial charge in [0.1, 0.15) is 0 Å². The van der Waals surface area contributed by atoms with Gasteiger partial charge in [-0.25, -0.2) is 0 Å². The summed E-state index contributed by atoms with van der Waals surface area (Å²) in [5.41, 5.74) is 5.53. The molecular formula is C19H22N2O. The van der Waals surface area contributed by atoms with E-state index in [0.717, 1.165) is 29.9 Å². The van der Waals surface area contributed by atoms with E-state index in [1.54, 1.807) is 0 Å². The third-order valence-electron chi connectivity index (χ3n) is 4.51. The number of hydrogen-bond acceptors (Lipinski definition) is 2. The van der Waals surface area contributed by atoms with E-state index in [2.05, 4.69) is 42.7 Å². The van der Waals surface area contributed by atoms with Gasteiger partial charge in [0.15, 0.2) is 0 Å². The van der Waals surface area contributed by atoms with E-state index in [9.17, 15) is 4.79 Å². The molecule has 2 aromatic carbocycles. The van der Waals surface area contributed by atoms with Gasteiger partial charge in [-0.15, -0.1) is 0 Å². The highest BCUT2D eigenvalue weighted by Crippen LogP contribution is 2.28. The molecule has 1 saturated carbocycles. The topological polar surface area (TPSA) is 41.1 Å². The molecule has 0 atom stereocenters. The summed E-state index contributed by atoms with van der Waals surface area (Å²) >= 11 is 0. The van der Waals surface area contributed by atoms with Crippen molar-refractivity contribution in [1.82, 2.24) is 0 Å². The van der Waals surface area contributed by atoms with E-state index in [4.69, 9.17) is 0 Å². The average molecular weight is 294 g/mol. The molecule has 0 saturated heterocycles. The number of nitrogens with one attached hydrogen (secondary N) is 2. The van der Waals surface area contributed by atoms with Gasteiger partial charge in [-0.1, -0.05) is 18.6 Å². The summed E-state index contributed by atoms with van der Waals surface area (Å²) in [4.78, 5) is 11.9. The lowest BCUT2D eigenvalue weighted by Crippen LogP contribution is -2.27. The molecule has 3 heteroatoms. The molecule has 2 aromatic rings. The average Bonchev–Trinajstić information content (AvgIpc) is 2.44. The predicted molar refractivity (Wildman–Crippen MR) is 91.6 cm³/mol. The monoisotopic (exact) mass is 294 g/mol. The van der Waals surface area contributed by atoms with Crippen molar-refractivity contribution in [1.29, 1.82) is 0 Å². The Bertz CT molecular complexity index is 672. The molecule has 3 rings (SSSR count). The van der Waals surface area contributed by atoms with Crippen LogP contribution in [0.3, 0.4) is 0 Å². The number of hydrogen-bond donors (Lipinski definition) is 2. The maximum atomic E-state index is 11.9. The zero-order valence-corrected chi connectivity index (χ0v) is 13.1. The van der Waals surface area contributed by atoms with Crippen molar-refractivity contribution in [2.24, 2.45) is 5.92 Å². The molecule has 0 heterocycles. The molecule has 1 amide bonds. The number of rotatable bonds is 4. The third kappa shape index (κ3) is 3.14. The Balaban J connectivity index is 1.66. The van der Waals surface area contributed by atoms with Gasteiger partial charge in [0.05, 0.1) is 0 Å². The first-order chi connectivity index (χ1) is 10.6. The second kappa shape index (κ2) is 6.22. The Labute approximate surface area is 131 Å². The Morgan fingerprint density at radius 3 is 2.32 bits per heavy atom. The quantitative estimate of drug-likeness (QED) is 0.851. The summed E-state index contributed by atoms with van der Waals surface area (Å²) in [7, 11) is 0. The van der Waals surface area contributed by atoms with E-state index < -0.39 is 0 Å². The lowest BCUT2D eigenvalue weighted by molar-refractivity contribution is -0.122. The molecule has 0 unspecified atom stereocenters. The van der Waals surface area contributed by atoms with Crippen LogP contribution in [0, 0.1) is 19.8 Å². The Morgan fingerprint density at radius 1 is 1.00 bits per heavy atom. The standard InChI is InChI=1S/C19H22N2O/c1-13-5-3-8-18(14(13)2)20-16-9-11-17(12-10-16)21-19(22)15-6-4-7-15/h3,5,8-12,15,20H,4,6-7H2,1-2H3,(H,21,22). The summed E-state index contributed by atoms with van der Waals surface area (Å²) in [6.07, 6.45) is 3.23. The molecule has 22 heavy (non-hydrogen) atoms. The molecular weight excluding hydrogens is 272 g/mol. The van der Waals surface area contributed by atoms with Crippen molar-refractivity contribution in [2.45, 2.75) is 33.1 Å². The first-order valence-corrected chi connectivity index (χ1v) is 7.87. The van der Waals surface area contributed by atoms with Crippen LogP contribution < -0.4 is 10.6 Å². The highest BCUT2D eigenvalue weighted by Gasteiger charge is 2.24. The van der Waals surface area contributed by atoms with Crippen molar-refractivity contribution in [3.63, 3.8) is 0 Å². The first-order valence-electron chi connectivity index (χ1n) is 7.87. The van der Waals surface area contributed by atoms with Crippen molar-refractivity contribution in [3.8, 4) is 0 Å². The van der Waals surface area contributed by atoms with Crippen LogP contribution in [-0.4, -0.2) is 5.91 Å². The molecule has 0 spiro atoms. The molecule has 114 valence electrons. The number of amides is 1. The largest absolute Gasteiger partial charge is 0.355 e. The summed E-state index contributed by atoms with van der Waals surface area (Å²) in [6.45, 7) is 4.23. The highest BCUT2D eigenvalue weighted by molar-refractivity contribution is 5.93. The van der Waals surface area contributed by atoms with Gasteiger partial charge in [-0.2, -0.15) is 0 Å². The lowest BCUT2D eigenvalue weighted by atomic mass is 9.85. The van der Waals surface area contributed by atoms with Crippen LogP contribution in [0.5, 0.6) is 0 Å². The third-order valence-corrected chi connectivity index (χ3v) is 4.51. The van der Waals surface area contributed by atoms with Crippen LogP contribution in [0.2, 0.25) is 0 Å². The number of anilines is 3. The molecule has 3 nitrogen and oxygen atoms in total. The normalized spacial score (nSPS) is 14.3. The zero-order chi connectivity index (χ0) is 15.5. The maximum absolute atomic E-state index is 11.9. The van der Waals surface area contributed by atoms with Gasteiger partial charge in [0, 0.05) is 23.0 Å². The van der Waals surface area contributed by atoms with Gasteiger partial charge in [-0.05, 0) is 68.1 Å². The fourth-order valence-corrected chi connectivity index (χ4v) is 2.59. The van der Waals surface area contributed by atoms with Gasteiger partial charge >= 0.3 is 0 Å². The van der Waals surface area contributed by atoms with Crippen LogP contribution in [0.4, 0.5) is 17.1 Å². The zero-order valence-electron chi connectivity index (χ0n) is 13.1. The molecule has 2 N–H and O–H groups in total. The molecule has 0 aliphatic heterocycles. The summed E-state index contributed by atoms with van der Waals surface area (Å²) in [6, 6.07) is 14.1. The Kier molecular flexibility index (Phi) is 4.14. The smallest absolute Gasteiger partial charge is 0.227 e. The number of carbonyl (C=O) groups is 1. The molecule has 1 fully saturated rings. The van der Waals surface area contributed by atoms with Crippen LogP contribution in [0.15, 0.2) is 42.5 Å². The number of carbonyl (C=O) groups excluding carboxylic acids is 1. The van der Waals surface area contributed by atoms with E-state index >= 15 is 0 Å². The molecule has 1 aliphatic carbocycles. The van der Waals surface area contributed by atoms with Gasteiger partial charge in [0.25, 0.3) is 0 Å². The van der Waals surface area contributed by atoms with Crippen LogP contribution in [0.1, 0.15) is 30.4 Å². The van der Waals surface area contributed by atoms with Crippen molar-refractivity contribution < 1.29 is 4.79 Å². The molecule has 1 aliphatic rings. The van der Waals surface area contributed by atoms with Crippen LogP contribution in [-0.2, 0) is 4.79 Å². The van der Waals surface area contributed by atoms with Gasteiger partial charge in [-0.3, -0.25) is 4.79 Å². The lowest BCUT2D eigenvalue weighted by Gasteiger charge is -2.24. The van der Waals surface area contributed by atoms with E-state index in [0.29, 0.717) is 0 Å². The second-order valence-electron chi connectivity index (χ2n) is 6.07. The van der Waals surface area contributed by atoms with Crippen LogP contribution in [0.25, 0.3) is 0 Å². The summed E-state index contributed by atoms with van der Waals surface area (Å²) < 4.78 is 0. The number of aryl methyl sites for hydroxylation is 1. The summed E-state index contributed by atoms with van der Waals surface area (Å²) in [5.74, 6) is 0.370. The SMILES string of the molecule is Cc1cccc(Nc2ccc(NC(=O)C3CCC3)cc2)c1C. The fraction of sp³-hybridized carbons (Fsp3) is 0.316. The van der Waals surface area contributed by atoms with Crippen LogP contribution >= 0.6 is 0 Å². The fourth-order valence-electron chi connectivity index (χ4n) is 2.59. The van der Waals surface area contributed by atoms with Crippen molar-refractivity contribution >= 4 is 23.0 Å². The maximum Gasteiger partial charge on any atom is 0.227 e. The van der Waals surface area contributed by atoms with E-state index in [-0.39, 0.29) is 11.8 Å². The summed E-state index contributed by atoms with van der Waals surface area (Å²) in [5, 5.41) is 6.41. The minimum absolute atomic E-state index is 0.154. The van der Waals surface area contributed by atoms with E-state index in [1.165, 1.54) is 17.5 Å². The van der Waals surface area contributed by atoms with E-state index in [1.807, 2.05) is 24.3 Å². The minimum Gasteiger partial charge on any atom is -0.355 e. The van der Waals surface area contributed by atoms with Gasteiger partial charge in [0.2, 0.25) is 5.91 Å². The van der Waals surface area contributed by atoms with Crippen molar-refractivity contribution in [2.75, 3.05) is 10.6 Å².